The van der Waals surface area contributed by atoms with Gasteiger partial charge in [-0.2, -0.15) is 0 Å². The molecule has 0 heteroatoms. The van der Waals surface area contributed by atoms with Crippen LogP contribution in [0.5, 0.6) is 0 Å². The molecule has 0 aromatic heterocycles. The van der Waals surface area contributed by atoms with Gasteiger partial charge < -0.3 is 0 Å². The maximum absolute atomic E-state index is 2.76. The Morgan fingerprint density at radius 3 is 1.89 bits per heavy atom. The van der Waals surface area contributed by atoms with E-state index in [0.717, 1.165) is 0 Å². The minimum Gasteiger partial charge on any atom is -0.0689 e. The molecule has 78 valence electrons. The first-order valence-electron chi connectivity index (χ1n) is 4.98. The van der Waals surface area contributed by atoms with Crippen LogP contribution >= 0.6 is 0 Å². The van der Waals surface area contributed by atoms with Crippen molar-refractivity contribution in [3.63, 3.8) is 0 Å². The normalized spacial score (nSPS) is 12.4. The Kier molecular flexibility index (Phi) is 7.10. The summed E-state index contributed by atoms with van der Waals surface area (Å²) in [4.78, 5) is 0. The van der Waals surface area contributed by atoms with E-state index in [4.69, 9.17) is 0 Å². The average Bonchev–Trinajstić information content (AvgIpc) is 2.39. The molecule has 1 aliphatic carbocycles. The summed E-state index contributed by atoms with van der Waals surface area (Å²) >= 11 is 0. The summed E-state index contributed by atoms with van der Waals surface area (Å²) in [7, 11) is 0. The van der Waals surface area contributed by atoms with Gasteiger partial charge in [0.25, 0.3) is 0 Å². The largest absolute Gasteiger partial charge is 0.0689 e. The first-order chi connectivity index (χ1) is 9.00. The Morgan fingerprint density at radius 1 is 0.500 bits per heavy atom. The zero-order valence-corrected chi connectivity index (χ0v) is 9.46. The zero-order valence-electron chi connectivity index (χ0n) is 9.46. The van der Waals surface area contributed by atoms with Crippen molar-refractivity contribution in [2.75, 3.05) is 0 Å². The SMILES string of the molecule is C1=C=CC#CC#C/C=C/C#CC=C=C=C=CC=C=1. The maximum atomic E-state index is 2.76. The zero-order chi connectivity index (χ0) is 12.7. The van der Waals surface area contributed by atoms with E-state index in [1.807, 2.05) is 0 Å². The van der Waals surface area contributed by atoms with Crippen LogP contribution in [-0.4, -0.2) is 0 Å². The van der Waals surface area contributed by atoms with E-state index in [-0.39, 0.29) is 0 Å². The van der Waals surface area contributed by atoms with Crippen molar-refractivity contribution < 1.29 is 0 Å². The second-order valence-corrected chi connectivity index (χ2v) is 2.61. The van der Waals surface area contributed by atoms with E-state index < -0.39 is 0 Å². The lowest BCUT2D eigenvalue weighted by molar-refractivity contribution is 2.01. The van der Waals surface area contributed by atoms with Crippen LogP contribution in [0.2, 0.25) is 0 Å². The van der Waals surface area contributed by atoms with Gasteiger partial charge in [0.05, 0.1) is 0 Å². The molecular weight excluding hydrogens is 216 g/mol. The van der Waals surface area contributed by atoms with Gasteiger partial charge in [0, 0.05) is 12.2 Å². The number of hydrogen-bond acceptors (Lipinski definition) is 0. The van der Waals surface area contributed by atoms with E-state index >= 15 is 0 Å². The molecule has 0 heterocycles. The standard InChI is InChI=1S/C18H6/c1-2-4-6-8-10-12-14-16-18-17-15-13-11-9-7-5-3-1/h1-2,7,12,15,17H/b2-1+. The first-order valence-corrected chi connectivity index (χ1v) is 4.98. The highest BCUT2D eigenvalue weighted by molar-refractivity contribution is 5.36. The van der Waals surface area contributed by atoms with Crippen molar-refractivity contribution >= 4 is 0 Å². The molecule has 1 rings (SSSR count). The molecule has 0 atom stereocenters. The lowest BCUT2D eigenvalue weighted by atomic mass is 10.4. The molecule has 0 spiro atoms. The van der Waals surface area contributed by atoms with E-state index in [2.05, 4.69) is 69.9 Å². The van der Waals surface area contributed by atoms with Crippen LogP contribution in [0.25, 0.3) is 0 Å². The molecular formula is C18H6. The van der Waals surface area contributed by atoms with Gasteiger partial charge in [-0.3, -0.25) is 0 Å². The quantitative estimate of drug-likeness (QED) is 0.436. The minimum atomic E-state index is 1.52. The molecule has 0 saturated heterocycles. The highest BCUT2D eigenvalue weighted by Gasteiger charge is 1.58. The third-order valence-electron chi connectivity index (χ3n) is 1.37. The third kappa shape index (κ3) is 7.94. The molecule has 18 heavy (non-hydrogen) atoms. The van der Waals surface area contributed by atoms with E-state index in [0.29, 0.717) is 0 Å². The monoisotopic (exact) mass is 222 g/mol. The Balaban J connectivity index is 3.15. The smallest absolute Gasteiger partial charge is 0.0403 e. The highest BCUT2D eigenvalue weighted by Crippen LogP contribution is 1.70. The fourth-order valence-electron chi connectivity index (χ4n) is 0.717. The summed E-state index contributed by atoms with van der Waals surface area (Å²) in [5.74, 6) is 16.2. The molecule has 1 aliphatic rings. The van der Waals surface area contributed by atoms with Gasteiger partial charge in [-0.1, -0.05) is 46.6 Å². The Bertz CT molecular complexity index is 786. The van der Waals surface area contributed by atoms with Crippen molar-refractivity contribution in [1.29, 1.82) is 0 Å². The van der Waals surface area contributed by atoms with Gasteiger partial charge in [0.15, 0.2) is 0 Å². The summed E-state index contributed by atoms with van der Waals surface area (Å²) in [5.41, 5.74) is 16.2. The molecule has 0 aliphatic heterocycles. The predicted octanol–water partition coefficient (Wildman–Crippen LogP) is 2.61. The molecule has 0 fully saturated rings. The van der Waals surface area contributed by atoms with Crippen LogP contribution in [0, 0.1) is 35.5 Å². The van der Waals surface area contributed by atoms with Crippen LogP contribution < -0.4 is 0 Å². The van der Waals surface area contributed by atoms with Crippen molar-refractivity contribution in [2.45, 2.75) is 0 Å². The maximum Gasteiger partial charge on any atom is 0.0403 e. The van der Waals surface area contributed by atoms with Crippen LogP contribution in [0.15, 0.2) is 70.8 Å². The lowest BCUT2D eigenvalue weighted by Crippen LogP contribution is -1.53. The Labute approximate surface area is 107 Å². The minimum absolute atomic E-state index is 1.52. The van der Waals surface area contributed by atoms with Crippen molar-refractivity contribution in [2.24, 2.45) is 0 Å². The van der Waals surface area contributed by atoms with Gasteiger partial charge >= 0.3 is 0 Å². The molecule has 0 bridgehead atoms. The molecule has 0 amide bonds. The summed E-state index contributed by atoms with van der Waals surface area (Å²) in [6, 6.07) is 0. The van der Waals surface area contributed by atoms with Gasteiger partial charge in [0.1, 0.15) is 0 Å². The summed E-state index contributed by atoms with van der Waals surface area (Å²) in [6.07, 6.45) is 9.58. The molecule has 0 N–H and O–H groups in total. The van der Waals surface area contributed by atoms with E-state index in [1.54, 1.807) is 30.4 Å². The van der Waals surface area contributed by atoms with Crippen LogP contribution in [0.1, 0.15) is 0 Å². The summed E-state index contributed by atoms with van der Waals surface area (Å²) in [5, 5.41) is 0. The fourth-order valence-corrected chi connectivity index (χ4v) is 0.717. The molecule has 0 aromatic rings. The van der Waals surface area contributed by atoms with E-state index in [1.165, 1.54) is 6.08 Å². The molecule has 0 aromatic carbocycles. The van der Waals surface area contributed by atoms with Gasteiger partial charge in [0.2, 0.25) is 0 Å². The molecule has 0 unspecified atom stereocenters. The van der Waals surface area contributed by atoms with Gasteiger partial charge in [-0.25, -0.2) is 0 Å². The van der Waals surface area contributed by atoms with Crippen LogP contribution in [0.4, 0.5) is 0 Å². The summed E-state index contributed by atoms with van der Waals surface area (Å²) < 4.78 is 0. The third-order valence-corrected chi connectivity index (χ3v) is 1.37. The topological polar surface area (TPSA) is 0 Å². The average molecular weight is 222 g/mol. The van der Waals surface area contributed by atoms with Gasteiger partial charge in [-0.05, 0) is 47.6 Å². The van der Waals surface area contributed by atoms with Crippen molar-refractivity contribution in [1.82, 2.24) is 0 Å². The molecule has 0 nitrogen and oxygen atoms in total. The van der Waals surface area contributed by atoms with Crippen LogP contribution in [0.3, 0.4) is 0 Å². The number of rotatable bonds is 0. The van der Waals surface area contributed by atoms with Crippen molar-refractivity contribution in [3.8, 4) is 35.5 Å². The predicted molar refractivity (Wildman–Crippen MR) is 71.8 cm³/mol. The molecule has 0 radical (unpaired) electrons. The molecule has 0 saturated carbocycles. The van der Waals surface area contributed by atoms with Crippen molar-refractivity contribution in [3.05, 3.63) is 70.8 Å². The van der Waals surface area contributed by atoms with E-state index in [9.17, 15) is 0 Å². The number of hydrogen-bond donors (Lipinski definition) is 0. The Morgan fingerprint density at radius 2 is 1.11 bits per heavy atom. The highest BCUT2D eigenvalue weighted by atomic mass is 13.6. The lowest BCUT2D eigenvalue weighted by Gasteiger charge is -1.62. The second kappa shape index (κ2) is 10.1. The first kappa shape index (κ1) is 12.6. The fraction of sp³-hybridized carbons (Fsp3) is 0. The second-order valence-electron chi connectivity index (χ2n) is 2.61. The van der Waals surface area contributed by atoms with Gasteiger partial charge in [-0.15, -0.1) is 0 Å². The summed E-state index contributed by atoms with van der Waals surface area (Å²) in [6.45, 7) is 0. The Hall–Kier alpha value is -3.42. The van der Waals surface area contributed by atoms with Crippen LogP contribution in [-0.2, 0) is 0 Å². The number of allylic oxidation sites excluding steroid dienone is 6.